The largest absolute Gasteiger partial charge is 0.350 e. The Bertz CT molecular complexity index is 1310. The Morgan fingerprint density at radius 3 is 2.64 bits per heavy atom. The van der Waals surface area contributed by atoms with Crippen molar-refractivity contribution in [1.82, 2.24) is 9.88 Å². The van der Waals surface area contributed by atoms with Crippen LogP contribution in [-0.4, -0.2) is 22.4 Å². The first-order valence-electron chi connectivity index (χ1n) is 11.4. The average molecular weight is 478 g/mol. The van der Waals surface area contributed by atoms with Gasteiger partial charge in [-0.15, -0.1) is 22.7 Å². The second-order valence-electron chi connectivity index (χ2n) is 8.77. The number of anilines is 1. The first-order chi connectivity index (χ1) is 16.0. The molecule has 2 N–H and O–H groups in total. The topological polar surface area (TPSA) is 63.1 Å². The molecule has 33 heavy (non-hydrogen) atoms. The van der Waals surface area contributed by atoms with Crippen molar-refractivity contribution in [2.45, 2.75) is 52.1 Å². The quantitative estimate of drug-likeness (QED) is 0.353. The number of benzene rings is 1. The van der Waals surface area contributed by atoms with Gasteiger partial charge in [0, 0.05) is 17.5 Å². The Balaban J connectivity index is 1.50. The van der Waals surface area contributed by atoms with Gasteiger partial charge < -0.3 is 15.2 Å². The Labute approximate surface area is 201 Å². The van der Waals surface area contributed by atoms with Crippen LogP contribution in [0.4, 0.5) is 5.00 Å². The molecule has 0 saturated carbocycles. The molecule has 0 bridgehead atoms. The van der Waals surface area contributed by atoms with Crippen LogP contribution in [0.3, 0.4) is 0 Å². The van der Waals surface area contributed by atoms with E-state index in [1.165, 1.54) is 4.88 Å². The minimum absolute atomic E-state index is 0.0371. The normalized spacial score (nSPS) is 13.3. The number of carbonyl (C=O) groups is 2. The zero-order chi connectivity index (χ0) is 22.9. The molecule has 1 aliphatic rings. The van der Waals surface area contributed by atoms with Gasteiger partial charge >= 0.3 is 0 Å². The summed E-state index contributed by atoms with van der Waals surface area (Å²) in [7, 11) is 0. The number of amides is 2. The van der Waals surface area contributed by atoms with E-state index in [0.717, 1.165) is 47.0 Å². The highest BCUT2D eigenvalue weighted by Crippen LogP contribution is 2.38. The maximum atomic E-state index is 13.6. The van der Waals surface area contributed by atoms with Crippen LogP contribution in [0.5, 0.6) is 0 Å². The van der Waals surface area contributed by atoms with Crippen molar-refractivity contribution >= 4 is 49.7 Å². The molecule has 7 heteroatoms. The van der Waals surface area contributed by atoms with Gasteiger partial charge in [0.2, 0.25) is 0 Å². The maximum absolute atomic E-state index is 13.6. The molecule has 5 nitrogen and oxygen atoms in total. The van der Waals surface area contributed by atoms with Crippen molar-refractivity contribution in [3.05, 3.63) is 75.1 Å². The van der Waals surface area contributed by atoms with Gasteiger partial charge in [0.25, 0.3) is 11.8 Å². The molecule has 0 spiro atoms. The van der Waals surface area contributed by atoms with E-state index in [0.29, 0.717) is 22.8 Å². The van der Waals surface area contributed by atoms with Crippen LogP contribution in [0.15, 0.2) is 47.8 Å². The number of carbonyl (C=O) groups excluding carboxylic acids is 2. The van der Waals surface area contributed by atoms with Crippen molar-refractivity contribution in [3.8, 4) is 0 Å². The summed E-state index contributed by atoms with van der Waals surface area (Å²) in [5.41, 5.74) is 4.57. The molecule has 4 aromatic rings. The summed E-state index contributed by atoms with van der Waals surface area (Å²) >= 11 is 3.19. The molecular formula is C26H27N3O2S2. The van der Waals surface area contributed by atoms with Gasteiger partial charge in [-0.05, 0) is 68.2 Å². The Morgan fingerprint density at radius 1 is 1.06 bits per heavy atom. The summed E-state index contributed by atoms with van der Waals surface area (Å²) < 4.78 is 3.15. The number of hydrogen-bond acceptors (Lipinski definition) is 4. The third-order valence-corrected chi connectivity index (χ3v) is 8.04. The van der Waals surface area contributed by atoms with E-state index < -0.39 is 0 Å². The molecule has 0 unspecified atom stereocenters. The molecule has 170 valence electrons. The van der Waals surface area contributed by atoms with Crippen molar-refractivity contribution in [1.29, 1.82) is 0 Å². The zero-order valence-corrected chi connectivity index (χ0v) is 20.4. The second-order valence-corrected chi connectivity index (χ2v) is 10.8. The molecule has 5 rings (SSSR count). The van der Waals surface area contributed by atoms with Gasteiger partial charge in [-0.25, -0.2) is 0 Å². The smallest absolute Gasteiger partial charge is 0.272 e. The van der Waals surface area contributed by atoms with E-state index in [1.54, 1.807) is 22.7 Å². The van der Waals surface area contributed by atoms with Gasteiger partial charge in [-0.2, -0.15) is 0 Å². The fourth-order valence-electron chi connectivity index (χ4n) is 4.50. The highest BCUT2D eigenvalue weighted by atomic mass is 32.1. The van der Waals surface area contributed by atoms with Crippen molar-refractivity contribution < 1.29 is 9.59 Å². The minimum atomic E-state index is -0.175. The second kappa shape index (κ2) is 9.15. The number of rotatable bonds is 6. The minimum Gasteiger partial charge on any atom is -0.350 e. The van der Waals surface area contributed by atoms with E-state index in [1.807, 2.05) is 38.1 Å². The fourth-order valence-corrected chi connectivity index (χ4v) is 6.60. The highest BCUT2D eigenvalue weighted by molar-refractivity contribution is 7.17. The number of fused-ring (bicyclic) bond motifs is 2. The third kappa shape index (κ3) is 4.35. The predicted molar refractivity (Wildman–Crippen MR) is 137 cm³/mol. The molecular weight excluding hydrogens is 450 g/mol. The summed E-state index contributed by atoms with van der Waals surface area (Å²) in [6, 6.07) is 14.2. The highest BCUT2D eigenvalue weighted by Gasteiger charge is 2.27. The number of aryl methyl sites for hydroxylation is 1. The SMILES string of the molecule is CC(C)NC(=O)c1c(NC(=O)c2cc3sccc3n2Cc2ccccc2)sc2c1CCCC2. The molecule has 3 heterocycles. The van der Waals surface area contributed by atoms with E-state index >= 15 is 0 Å². The van der Waals surface area contributed by atoms with Crippen molar-refractivity contribution in [2.24, 2.45) is 0 Å². The number of hydrogen-bond donors (Lipinski definition) is 2. The molecule has 1 aromatic carbocycles. The zero-order valence-electron chi connectivity index (χ0n) is 18.8. The van der Waals surface area contributed by atoms with Crippen molar-refractivity contribution in [3.63, 3.8) is 0 Å². The molecule has 0 fully saturated rings. The number of thiophene rings is 2. The monoisotopic (exact) mass is 477 g/mol. The molecule has 2 amide bonds. The van der Waals surface area contributed by atoms with Crippen molar-refractivity contribution in [2.75, 3.05) is 5.32 Å². The van der Waals surface area contributed by atoms with E-state index in [2.05, 4.69) is 38.8 Å². The molecule has 0 aliphatic heterocycles. The van der Waals surface area contributed by atoms with Crippen LogP contribution < -0.4 is 10.6 Å². The van der Waals surface area contributed by atoms with Crippen LogP contribution in [0.25, 0.3) is 10.2 Å². The lowest BCUT2D eigenvalue weighted by molar-refractivity contribution is 0.0943. The van der Waals surface area contributed by atoms with E-state index in [9.17, 15) is 9.59 Å². The van der Waals surface area contributed by atoms with Gasteiger partial charge in [0.1, 0.15) is 10.7 Å². The Hall–Kier alpha value is -2.90. The van der Waals surface area contributed by atoms with Crippen LogP contribution in [0, 0.1) is 0 Å². The molecule has 0 radical (unpaired) electrons. The fraction of sp³-hybridized carbons (Fsp3) is 0.308. The molecule has 3 aromatic heterocycles. The lowest BCUT2D eigenvalue weighted by Gasteiger charge is -2.15. The predicted octanol–water partition coefficient (Wildman–Crippen LogP) is 6.08. The molecule has 0 saturated heterocycles. The summed E-state index contributed by atoms with van der Waals surface area (Å²) in [4.78, 5) is 27.9. The lowest BCUT2D eigenvalue weighted by atomic mass is 9.95. The summed E-state index contributed by atoms with van der Waals surface area (Å²) in [5, 5.41) is 8.86. The van der Waals surface area contributed by atoms with Gasteiger partial charge in [-0.3, -0.25) is 9.59 Å². The van der Waals surface area contributed by atoms with Crippen LogP contribution in [0.1, 0.15) is 63.5 Å². The van der Waals surface area contributed by atoms with Crippen LogP contribution in [0.2, 0.25) is 0 Å². The lowest BCUT2D eigenvalue weighted by Crippen LogP contribution is -2.31. The summed E-state index contributed by atoms with van der Waals surface area (Å²) in [6.45, 7) is 4.53. The summed E-state index contributed by atoms with van der Waals surface area (Å²) in [6.07, 6.45) is 4.07. The maximum Gasteiger partial charge on any atom is 0.272 e. The third-order valence-electron chi connectivity index (χ3n) is 5.98. The van der Waals surface area contributed by atoms with Gasteiger partial charge in [0.15, 0.2) is 0 Å². The summed E-state index contributed by atoms with van der Waals surface area (Å²) in [5.74, 6) is -0.271. The standard InChI is InChI=1S/C26H27N3O2S2/c1-16(2)27-25(31)23-18-10-6-7-11-21(18)33-26(23)28-24(30)20-14-22-19(12-13-32-22)29(20)15-17-8-4-3-5-9-17/h3-5,8-9,12-14,16H,6-7,10-11,15H2,1-2H3,(H,27,31)(H,28,30). The average Bonchev–Trinajstić information content (AvgIpc) is 3.47. The Kier molecular flexibility index (Phi) is 6.08. The van der Waals surface area contributed by atoms with E-state index in [-0.39, 0.29) is 17.9 Å². The number of nitrogens with one attached hydrogen (secondary N) is 2. The molecule has 1 aliphatic carbocycles. The van der Waals surface area contributed by atoms with Crippen LogP contribution >= 0.6 is 22.7 Å². The Morgan fingerprint density at radius 2 is 1.85 bits per heavy atom. The first-order valence-corrected chi connectivity index (χ1v) is 13.1. The van der Waals surface area contributed by atoms with Gasteiger partial charge in [0.05, 0.1) is 15.8 Å². The molecule has 0 atom stereocenters. The van der Waals surface area contributed by atoms with E-state index in [4.69, 9.17) is 0 Å². The number of nitrogens with zero attached hydrogens (tertiary/aromatic N) is 1. The van der Waals surface area contributed by atoms with Crippen LogP contribution in [-0.2, 0) is 19.4 Å². The number of aromatic nitrogens is 1. The first kappa shape index (κ1) is 21.9. The van der Waals surface area contributed by atoms with Gasteiger partial charge in [-0.1, -0.05) is 30.3 Å².